The van der Waals surface area contributed by atoms with E-state index in [0.717, 1.165) is 5.56 Å². The Morgan fingerprint density at radius 3 is 2.50 bits per heavy atom. The maximum atomic E-state index is 11.9. The van der Waals surface area contributed by atoms with Gasteiger partial charge in [-0.2, -0.15) is 0 Å². The molecule has 8 heteroatoms. The number of nitrogens with zero attached hydrogens (tertiary/aromatic N) is 2. The molecule has 0 radical (unpaired) electrons. The number of aliphatic carboxylic acids is 1. The number of sulfonamides is 1. The van der Waals surface area contributed by atoms with Gasteiger partial charge in [0.2, 0.25) is 10.0 Å². The van der Waals surface area contributed by atoms with Crippen LogP contribution in [-0.4, -0.2) is 60.1 Å². The second kappa shape index (κ2) is 8.29. The van der Waals surface area contributed by atoms with Gasteiger partial charge in [-0.15, -0.1) is 0 Å². The van der Waals surface area contributed by atoms with E-state index in [9.17, 15) is 18.3 Å². The fourth-order valence-corrected chi connectivity index (χ4v) is 4.33. The van der Waals surface area contributed by atoms with Crippen molar-refractivity contribution in [3.8, 4) is 0 Å². The molecule has 1 aromatic rings. The van der Waals surface area contributed by atoms with Crippen LogP contribution in [0.25, 0.3) is 0 Å². The summed E-state index contributed by atoms with van der Waals surface area (Å²) in [4.78, 5) is 13.1. The molecular weight excluding hydrogens is 352 g/mol. The third-order valence-corrected chi connectivity index (χ3v) is 6.62. The number of piperidine rings is 1. The van der Waals surface area contributed by atoms with Crippen molar-refractivity contribution in [3.05, 3.63) is 34.9 Å². The first-order valence-corrected chi connectivity index (χ1v) is 9.99. The molecule has 0 aromatic heterocycles. The highest BCUT2D eigenvalue weighted by molar-refractivity contribution is 7.89. The van der Waals surface area contributed by atoms with E-state index in [-0.39, 0.29) is 18.3 Å². The fourth-order valence-electron chi connectivity index (χ4n) is 3.00. The van der Waals surface area contributed by atoms with Gasteiger partial charge in [0.25, 0.3) is 0 Å². The van der Waals surface area contributed by atoms with Crippen LogP contribution < -0.4 is 0 Å². The lowest BCUT2D eigenvalue weighted by Crippen LogP contribution is -2.48. The van der Waals surface area contributed by atoms with Gasteiger partial charge in [0.1, 0.15) is 0 Å². The third-order valence-electron chi connectivity index (χ3n) is 4.37. The van der Waals surface area contributed by atoms with Crippen molar-refractivity contribution < 1.29 is 18.3 Å². The zero-order chi connectivity index (χ0) is 17.7. The molecule has 134 valence electrons. The van der Waals surface area contributed by atoms with Crippen molar-refractivity contribution in [1.29, 1.82) is 0 Å². The van der Waals surface area contributed by atoms with E-state index >= 15 is 0 Å². The molecule has 2 rings (SSSR count). The molecule has 0 unspecified atom stereocenters. The molecule has 0 bridgehead atoms. The lowest BCUT2D eigenvalue weighted by Gasteiger charge is -2.37. The summed E-state index contributed by atoms with van der Waals surface area (Å²) in [6, 6.07) is 7.40. The van der Waals surface area contributed by atoms with Crippen molar-refractivity contribution in [3.63, 3.8) is 0 Å². The molecule has 24 heavy (non-hydrogen) atoms. The van der Waals surface area contributed by atoms with Crippen molar-refractivity contribution in [2.45, 2.75) is 32.4 Å². The summed E-state index contributed by atoms with van der Waals surface area (Å²) in [5.41, 5.74) is 0.879. The van der Waals surface area contributed by atoms with Gasteiger partial charge < -0.3 is 5.11 Å². The molecule has 1 N–H and O–H groups in total. The molecule has 1 saturated heterocycles. The smallest absolute Gasteiger partial charge is 0.317 e. The van der Waals surface area contributed by atoms with Crippen LogP contribution in [-0.2, 0) is 21.4 Å². The number of carboxylic acid groups (broad SMARTS) is 1. The van der Waals surface area contributed by atoms with Crippen LogP contribution >= 0.6 is 11.6 Å². The number of carboxylic acids is 1. The van der Waals surface area contributed by atoms with Crippen LogP contribution in [0.5, 0.6) is 0 Å². The van der Waals surface area contributed by atoms with E-state index in [1.807, 2.05) is 23.1 Å². The van der Waals surface area contributed by atoms with Crippen molar-refractivity contribution in [2.24, 2.45) is 0 Å². The average Bonchev–Trinajstić information content (AvgIpc) is 2.56. The van der Waals surface area contributed by atoms with Crippen molar-refractivity contribution in [2.75, 3.05) is 25.4 Å². The van der Waals surface area contributed by atoms with E-state index in [4.69, 9.17) is 11.6 Å². The molecule has 0 amide bonds. The van der Waals surface area contributed by atoms with Crippen LogP contribution in [0.2, 0.25) is 5.02 Å². The van der Waals surface area contributed by atoms with Gasteiger partial charge in [0.15, 0.2) is 0 Å². The first-order chi connectivity index (χ1) is 11.3. The standard InChI is InChI=1S/C16H23ClN2O4S/c1-2-24(22,23)19-9-7-14(8-10-19)18(12-16(20)21)11-13-5-3-4-6-15(13)17/h3-6,14H,2,7-12H2,1H3,(H,20,21). The lowest BCUT2D eigenvalue weighted by molar-refractivity contribution is -0.139. The zero-order valence-corrected chi connectivity index (χ0v) is 15.3. The van der Waals surface area contributed by atoms with Crippen LogP contribution in [0, 0.1) is 0 Å². The zero-order valence-electron chi connectivity index (χ0n) is 13.7. The maximum Gasteiger partial charge on any atom is 0.317 e. The van der Waals surface area contributed by atoms with E-state index in [2.05, 4.69) is 0 Å². The van der Waals surface area contributed by atoms with Crippen LogP contribution in [0.4, 0.5) is 0 Å². The van der Waals surface area contributed by atoms with Crippen LogP contribution in [0.3, 0.4) is 0 Å². The van der Waals surface area contributed by atoms with E-state index in [1.54, 1.807) is 13.0 Å². The molecule has 6 nitrogen and oxygen atoms in total. The molecule has 1 aromatic carbocycles. The Kier molecular flexibility index (Phi) is 6.62. The Bertz CT molecular complexity index is 672. The predicted octanol–water partition coefficient (Wildman–Crippen LogP) is 2.04. The Hall–Kier alpha value is -1.15. The molecule has 0 spiro atoms. The third kappa shape index (κ3) is 4.92. The number of rotatable bonds is 7. The van der Waals surface area contributed by atoms with Gasteiger partial charge >= 0.3 is 5.97 Å². The highest BCUT2D eigenvalue weighted by Crippen LogP contribution is 2.23. The van der Waals surface area contributed by atoms with Crippen molar-refractivity contribution >= 4 is 27.6 Å². The minimum absolute atomic E-state index is 0.0284. The van der Waals surface area contributed by atoms with Crippen LogP contribution in [0.1, 0.15) is 25.3 Å². The Morgan fingerprint density at radius 1 is 1.33 bits per heavy atom. The van der Waals surface area contributed by atoms with E-state index < -0.39 is 16.0 Å². The van der Waals surface area contributed by atoms with Gasteiger partial charge in [-0.3, -0.25) is 9.69 Å². The first kappa shape index (κ1) is 19.2. The minimum atomic E-state index is -3.18. The summed E-state index contributed by atoms with van der Waals surface area (Å²) in [6.07, 6.45) is 1.24. The highest BCUT2D eigenvalue weighted by Gasteiger charge is 2.30. The summed E-state index contributed by atoms with van der Waals surface area (Å²) < 4.78 is 25.4. The number of hydrogen-bond acceptors (Lipinski definition) is 4. The summed E-state index contributed by atoms with van der Waals surface area (Å²) in [6.45, 7) is 2.85. The summed E-state index contributed by atoms with van der Waals surface area (Å²) >= 11 is 6.18. The molecule has 1 heterocycles. The Morgan fingerprint density at radius 2 is 1.96 bits per heavy atom. The van der Waals surface area contributed by atoms with Gasteiger partial charge in [0.05, 0.1) is 12.3 Å². The summed E-state index contributed by atoms with van der Waals surface area (Å²) in [5, 5.41) is 9.81. The number of benzene rings is 1. The monoisotopic (exact) mass is 374 g/mol. The molecule has 1 aliphatic heterocycles. The van der Waals surface area contributed by atoms with Gasteiger partial charge in [-0.25, -0.2) is 12.7 Å². The largest absolute Gasteiger partial charge is 0.480 e. The number of hydrogen-bond donors (Lipinski definition) is 1. The minimum Gasteiger partial charge on any atom is -0.480 e. The summed E-state index contributed by atoms with van der Waals surface area (Å²) in [7, 11) is -3.18. The number of carbonyl (C=O) groups is 1. The molecular formula is C16H23ClN2O4S. The Labute approximate surface area is 148 Å². The maximum absolute atomic E-state index is 11.9. The van der Waals surface area contributed by atoms with Crippen molar-refractivity contribution in [1.82, 2.24) is 9.21 Å². The highest BCUT2D eigenvalue weighted by atomic mass is 35.5. The molecule has 0 saturated carbocycles. The topological polar surface area (TPSA) is 77.9 Å². The molecule has 0 aliphatic carbocycles. The molecule has 1 aliphatic rings. The quantitative estimate of drug-likeness (QED) is 0.790. The van der Waals surface area contributed by atoms with Gasteiger partial charge in [0, 0.05) is 30.7 Å². The first-order valence-electron chi connectivity index (χ1n) is 8.00. The predicted molar refractivity (Wildman–Crippen MR) is 93.6 cm³/mol. The number of halogens is 1. The van der Waals surface area contributed by atoms with Gasteiger partial charge in [-0.05, 0) is 31.4 Å². The van der Waals surface area contributed by atoms with Gasteiger partial charge in [-0.1, -0.05) is 29.8 Å². The SMILES string of the molecule is CCS(=O)(=O)N1CCC(N(CC(=O)O)Cc2ccccc2Cl)CC1. The van der Waals surface area contributed by atoms with Crippen LogP contribution in [0.15, 0.2) is 24.3 Å². The van der Waals surface area contributed by atoms with E-state index in [1.165, 1.54) is 4.31 Å². The molecule has 1 fully saturated rings. The normalized spacial score (nSPS) is 17.3. The second-order valence-electron chi connectivity index (χ2n) is 5.92. The summed E-state index contributed by atoms with van der Waals surface area (Å²) in [5.74, 6) is -0.804. The molecule has 0 atom stereocenters. The second-order valence-corrected chi connectivity index (χ2v) is 8.59. The lowest BCUT2D eigenvalue weighted by atomic mass is 10.0. The Balaban J connectivity index is 2.07. The average molecular weight is 375 g/mol. The van der Waals surface area contributed by atoms with E-state index in [0.29, 0.717) is 37.5 Å². The fraction of sp³-hybridized carbons (Fsp3) is 0.562.